The van der Waals surface area contributed by atoms with E-state index in [4.69, 9.17) is 0 Å². The average molecular weight is 437 g/mol. The standard InChI is InChI=1S/C31H64/c1-6-10-11-12-13-14-15-16-17-18-19-20-21-22-23-24-25-26-31(9-4)28-29(5)27-30(7-2)8-3/h29-31H,6-28H2,1-5H3. The highest BCUT2D eigenvalue weighted by Crippen LogP contribution is 2.28. The molecule has 0 N–H and O–H groups in total. The summed E-state index contributed by atoms with van der Waals surface area (Å²) in [5.74, 6) is 2.88. The summed E-state index contributed by atoms with van der Waals surface area (Å²) in [6.07, 6.45) is 33.6. The molecule has 2 atom stereocenters. The molecule has 0 spiro atoms. The molecule has 0 aliphatic rings. The molecule has 0 aliphatic carbocycles. The van der Waals surface area contributed by atoms with Crippen LogP contribution in [0.25, 0.3) is 0 Å². The first kappa shape index (κ1) is 31.0. The molecular formula is C31H64. The molecule has 0 nitrogen and oxygen atoms in total. The molecule has 0 saturated carbocycles. The zero-order valence-electron chi connectivity index (χ0n) is 23.0. The SMILES string of the molecule is CCCCCCCCCCCCCCCCCCCC(CC)CC(C)CC(CC)CC. The topological polar surface area (TPSA) is 0 Å². The number of hydrogen-bond donors (Lipinski definition) is 0. The van der Waals surface area contributed by atoms with Gasteiger partial charge in [-0.2, -0.15) is 0 Å². The maximum Gasteiger partial charge on any atom is -0.0414 e. The summed E-state index contributed by atoms with van der Waals surface area (Å²) >= 11 is 0. The predicted molar refractivity (Wildman–Crippen MR) is 145 cm³/mol. The second-order valence-corrected chi connectivity index (χ2v) is 11.0. The molecule has 0 bridgehead atoms. The van der Waals surface area contributed by atoms with Crippen molar-refractivity contribution in [3.05, 3.63) is 0 Å². The molecule has 0 heterocycles. The Morgan fingerprint density at radius 2 is 0.710 bits per heavy atom. The van der Waals surface area contributed by atoms with Crippen LogP contribution in [0.1, 0.15) is 182 Å². The Bertz CT molecular complexity index is 316. The van der Waals surface area contributed by atoms with Crippen LogP contribution < -0.4 is 0 Å². The molecule has 188 valence electrons. The van der Waals surface area contributed by atoms with E-state index in [1.165, 1.54) is 148 Å². The van der Waals surface area contributed by atoms with E-state index >= 15 is 0 Å². The van der Waals surface area contributed by atoms with Crippen LogP contribution in [-0.2, 0) is 0 Å². The Labute approximate surface area is 200 Å². The quantitative estimate of drug-likeness (QED) is 0.125. The Hall–Kier alpha value is 0. The summed E-state index contributed by atoms with van der Waals surface area (Å²) in [5, 5.41) is 0. The minimum Gasteiger partial charge on any atom is -0.0654 e. The van der Waals surface area contributed by atoms with Gasteiger partial charge in [0.05, 0.1) is 0 Å². The Morgan fingerprint density at radius 3 is 1.06 bits per heavy atom. The lowest BCUT2D eigenvalue weighted by atomic mass is 9.83. The van der Waals surface area contributed by atoms with Crippen LogP contribution in [0.4, 0.5) is 0 Å². The fraction of sp³-hybridized carbons (Fsp3) is 1.00. The molecule has 0 aromatic heterocycles. The van der Waals surface area contributed by atoms with Crippen molar-refractivity contribution in [3.8, 4) is 0 Å². The number of rotatable bonds is 25. The molecule has 2 unspecified atom stereocenters. The maximum atomic E-state index is 2.51. The van der Waals surface area contributed by atoms with Gasteiger partial charge in [0.2, 0.25) is 0 Å². The maximum absolute atomic E-state index is 2.51. The lowest BCUT2D eigenvalue weighted by Gasteiger charge is -2.23. The van der Waals surface area contributed by atoms with E-state index in [1.807, 2.05) is 0 Å². The summed E-state index contributed by atoms with van der Waals surface area (Å²) < 4.78 is 0. The zero-order valence-corrected chi connectivity index (χ0v) is 23.0. The number of hydrogen-bond acceptors (Lipinski definition) is 0. The molecular weight excluding hydrogens is 372 g/mol. The van der Waals surface area contributed by atoms with Crippen LogP contribution in [0, 0.1) is 17.8 Å². The Morgan fingerprint density at radius 1 is 0.387 bits per heavy atom. The minimum absolute atomic E-state index is 0.931. The smallest absolute Gasteiger partial charge is 0.0414 e. The van der Waals surface area contributed by atoms with Gasteiger partial charge in [0.25, 0.3) is 0 Å². The highest BCUT2D eigenvalue weighted by Gasteiger charge is 2.14. The van der Waals surface area contributed by atoms with Gasteiger partial charge < -0.3 is 0 Å². The van der Waals surface area contributed by atoms with E-state index in [1.54, 1.807) is 0 Å². The van der Waals surface area contributed by atoms with Crippen molar-refractivity contribution in [2.75, 3.05) is 0 Å². The van der Waals surface area contributed by atoms with E-state index in [0.717, 1.165) is 17.8 Å². The average Bonchev–Trinajstić information content (AvgIpc) is 2.78. The van der Waals surface area contributed by atoms with Crippen molar-refractivity contribution < 1.29 is 0 Å². The molecule has 31 heavy (non-hydrogen) atoms. The largest absolute Gasteiger partial charge is 0.0654 e. The van der Waals surface area contributed by atoms with Crippen molar-refractivity contribution in [2.24, 2.45) is 17.8 Å². The van der Waals surface area contributed by atoms with E-state index in [0.29, 0.717) is 0 Å². The van der Waals surface area contributed by atoms with Crippen LogP contribution in [0.5, 0.6) is 0 Å². The fourth-order valence-electron chi connectivity index (χ4n) is 5.50. The van der Waals surface area contributed by atoms with Crippen molar-refractivity contribution in [3.63, 3.8) is 0 Å². The summed E-state index contributed by atoms with van der Waals surface area (Å²) in [5.41, 5.74) is 0. The number of unbranched alkanes of at least 4 members (excludes halogenated alkanes) is 16. The third-order valence-electron chi connectivity index (χ3n) is 7.92. The van der Waals surface area contributed by atoms with E-state index < -0.39 is 0 Å². The summed E-state index contributed by atoms with van der Waals surface area (Å²) in [6.45, 7) is 12.0. The van der Waals surface area contributed by atoms with Gasteiger partial charge in [0.15, 0.2) is 0 Å². The molecule has 0 rings (SSSR count). The van der Waals surface area contributed by atoms with Gasteiger partial charge in [0.1, 0.15) is 0 Å². The molecule has 0 saturated heterocycles. The molecule has 0 aromatic rings. The van der Waals surface area contributed by atoms with Gasteiger partial charge in [-0.15, -0.1) is 0 Å². The second kappa shape index (κ2) is 24.6. The lowest BCUT2D eigenvalue weighted by Crippen LogP contribution is -2.10. The summed E-state index contributed by atoms with van der Waals surface area (Å²) in [4.78, 5) is 0. The van der Waals surface area contributed by atoms with Gasteiger partial charge in [-0.1, -0.05) is 169 Å². The van der Waals surface area contributed by atoms with Crippen LogP contribution in [0.3, 0.4) is 0 Å². The first-order chi connectivity index (χ1) is 15.2. The third-order valence-corrected chi connectivity index (χ3v) is 7.92. The Balaban J connectivity index is 3.39. The molecule has 0 heteroatoms. The van der Waals surface area contributed by atoms with Gasteiger partial charge in [-0.3, -0.25) is 0 Å². The minimum atomic E-state index is 0.931. The lowest BCUT2D eigenvalue weighted by molar-refractivity contribution is 0.292. The molecule has 0 fully saturated rings. The van der Waals surface area contributed by atoms with Crippen molar-refractivity contribution in [1.29, 1.82) is 0 Å². The van der Waals surface area contributed by atoms with E-state index in [2.05, 4.69) is 34.6 Å². The van der Waals surface area contributed by atoms with Crippen molar-refractivity contribution in [1.82, 2.24) is 0 Å². The van der Waals surface area contributed by atoms with Gasteiger partial charge in [0, 0.05) is 0 Å². The van der Waals surface area contributed by atoms with Gasteiger partial charge in [-0.05, 0) is 30.6 Å². The van der Waals surface area contributed by atoms with Crippen LogP contribution >= 0.6 is 0 Å². The highest BCUT2D eigenvalue weighted by molar-refractivity contribution is 4.67. The predicted octanol–water partition coefficient (Wildman–Crippen LogP) is 11.9. The normalized spacial score (nSPS) is 13.7. The van der Waals surface area contributed by atoms with Crippen LogP contribution in [0.15, 0.2) is 0 Å². The molecule has 0 amide bonds. The zero-order chi connectivity index (χ0) is 23.0. The second-order valence-electron chi connectivity index (χ2n) is 11.0. The monoisotopic (exact) mass is 437 g/mol. The van der Waals surface area contributed by atoms with Crippen molar-refractivity contribution in [2.45, 2.75) is 182 Å². The van der Waals surface area contributed by atoms with Crippen molar-refractivity contribution >= 4 is 0 Å². The molecule has 0 aliphatic heterocycles. The fourth-order valence-corrected chi connectivity index (χ4v) is 5.50. The van der Waals surface area contributed by atoms with E-state index in [9.17, 15) is 0 Å². The van der Waals surface area contributed by atoms with Gasteiger partial charge >= 0.3 is 0 Å². The molecule has 0 radical (unpaired) electrons. The van der Waals surface area contributed by atoms with Crippen LogP contribution in [-0.4, -0.2) is 0 Å². The van der Waals surface area contributed by atoms with E-state index in [-0.39, 0.29) is 0 Å². The summed E-state index contributed by atoms with van der Waals surface area (Å²) in [6, 6.07) is 0. The summed E-state index contributed by atoms with van der Waals surface area (Å²) in [7, 11) is 0. The first-order valence-corrected chi connectivity index (χ1v) is 15.2. The highest BCUT2D eigenvalue weighted by atomic mass is 14.2. The van der Waals surface area contributed by atoms with Gasteiger partial charge in [-0.25, -0.2) is 0 Å². The third kappa shape index (κ3) is 21.6. The first-order valence-electron chi connectivity index (χ1n) is 15.2. The van der Waals surface area contributed by atoms with Crippen LogP contribution in [0.2, 0.25) is 0 Å². The molecule has 0 aromatic carbocycles. The Kier molecular flexibility index (Phi) is 24.6.